The van der Waals surface area contributed by atoms with Crippen LogP contribution < -0.4 is 4.74 Å². The van der Waals surface area contributed by atoms with Crippen LogP contribution >= 0.6 is 11.6 Å². The lowest BCUT2D eigenvalue weighted by molar-refractivity contribution is 0.231. The number of hydrogen-bond donors (Lipinski definition) is 0. The quantitative estimate of drug-likeness (QED) is 0.783. The molecule has 0 aliphatic heterocycles. The first-order valence-electron chi connectivity index (χ1n) is 7.54. The molecule has 0 amide bonds. The molecule has 0 fully saturated rings. The van der Waals surface area contributed by atoms with E-state index in [1.807, 2.05) is 19.1 Å². The van der Waals surface area contributed by atoms with Crippen molar-refractivity contribution >= 4 is 11.6 Å². The minimum absolute atomic E-state index is 0.474. The summed E-state index contributed by atoms with van der Waals surface area (Å²) in [7, 11) is 0. The zero-order chi connectivity index (χ0) is 16.1. The average molecular weight is 320 g/mol. The second kappa shape index (κ2) is 7.54. The van der Waals surface area contributed by atoms with E-state index in [0.29, 0.717) is 29.3 Å². The largest absolute Gasteiger partial charge is 0.476 e. The van der Waals surface area contributed by atoms with Crippen molar-refractivity contribution in [2.24, 2.45) is 11.8 Å². The Balaban J connectivity index is 2.07. The van der Waals surface area contributed by atoms with Crippen LogP contribution in [0.2, 0.25) is 5.02 Å². The highest BCUT2D eigenvalue weighted by Crippen LogP contribution is 2.27. The van der Waals surface area contributed by atoms with Crippen LogP contribution in [0, 0.1) is 18.8 Å². The van der Waals surface area contributed by atoms with Crippen LogP contribution in [0.1, 0.15) is 33.0 Å². The molecule has 1 atom stereocenters. The minimum Gasteiger partial charge on any atom is -0.476 e. The van der Waals surface area contributed by atoms with E-state index in [-0.39, 0.29) is 0 Å². The predicted molar refractivity (Wildman–Crippen MR) is 89.1 cm³/mol. The van der Waals surface area contributed by atoms with Gasteiger partial charge in [0.2, 0.25) is 5.88 Å². The SMILES string of the molecule is Cc1nccc(-c2cnc(OCC(C)CC(C)C)c(Cl)c2)n1. The number of aromatic nitrogens is 3. The molecule has 0 saturated carbocycles. The minimum atomic E-state index is 0.474. The molecule has 118 valence electrons. The summed E-state index contributed by atoms with van der Waals surface area (Å²) in [6, 6.07) is 3.67. The summed E-state index contributed by atoms with van der Waals surface area (Å²) in [5.74, 6) is 2.33. The molecular weight excluding hydrogens is 298 g/mol. The third-order valence-corrected chi connectivity index (χ3v) is 3.53. The van der Waals surface area contributed by atoms with Crippen molar-refractivity contribution in [2.45, 2.75) is 34.1 Å². The summed E-state index contributed by atoms with van der Waals surface area (Å²) >= 11 is 6.28. The van der Waals surface area contributed by atoms with Crippen LogP contribution in [0.4, 0.5) is 0 Å². The van der Waals surface area contributed by atoms with E-state index < -0.39 is 0 Å². The smallest absolute Gasteiger partial charge is 0.232 e. The summed E-state index contributed by atoms with van der Waals surface area (Å²) in [6.07, 6.45) is 4.58. The zero-order valence-corrected chi connectivity index (χ0v) is 14.3. The van der Waals surface area contributed by atoms with Gasteiger partial charge in [-0.2, -0.15) is 0 Å². The van der Waals surface area contributed by atoms with E-state index in [4.69, 9.17) is 16.3 Å². The first-order valence-corrected chi connectivity index (χ1v) is 7.92. The number of ether oxygens (including phenoxy) is 1. The van der Waals surface area contributed by atoms with Gasteiger partial charge in [-0.05, 0) is 37.3 Å². The van der Waals surface area contributed by atoms with Crippen molar-refractivity contribution in [3.63, 3.8) is 0 Å². The highest BCUT2D eigenvalue weighted by atomic mass is 35.5. The Labute approximate surface area is 136 Å². The molecule has 0 aliphatic rings. The van der Waals surface area contributed by atoms with Gasteiger partial charge >= 0.3 is 0 Å². The van der Waals surface area contributed by atoms with Crippen LogP contribution in [0.25, 0.3) is 11.3 Å². The normalized spacial score (nSPS) is 12.5. The molecule has 0 saturated heterocycles. The van der Waals surface area contributed by atoms with E-state index in [0.717, 1.165) is 23.5 Å². The second-order valence-corrected chi connectivity index (χ2v) is 6.45. The van der Waals surface area contributed by atoms with Gasteiger partial charge in [0.05, 0.1) is 12.3 Å². The molecule has 2 aromatic heterocycles. The molecule has 0 spiro atoms. The van der Waals surface area contributed by atoms with Gasteiger partial charge in [-0.1, -0.05) is 32.4 Å². The van der Waals surface area contributed by atoms with Gasteiger partial charge < -0.3 is 4.74 Å². The maximum atomic E-state index is 6.28. The van der Waals surface area contributed by atoms with Crippen LogP contribution in [-0.2, 0) is 0 Å². The molecule has 1 unspecified atom stereocenters. The van der Waals surface area contributed by atoms with E-state index in [9.17, 15) is 0 Å². The third kappa shape index (κ3) is 4.67. The second-order valence-electron chi connectivity index (χ2n) is 6.05. The molecule has 0 bridgehead atoms. The Kier molecular flexibility index (Phi) is 5.72. The van der Waals surface area contributed by atoms with Crippen LogP contribution in [0.3, 0.4) is 0 Å². The average Bonchev–Trinajstić information content (AvgIpc) is 2.45. The highest BCUT2D eigenvalue weighted by Gasteiger charge is 2.11. The van der Waals surface area contributed by atoms with Gasteiger partial charge in [0, 0.05) is 18.0 Å². The van der Waals surface area contributed by atoms with Crippen molar-refractivity contribution in [1.82, 2.24) is 15.0 Å². The number of nitrogens with zero attached hydrogens (tertiary/aromatic N) is 3. The Morgan fingerprint density at radius 1 is 1.23 bits per heavy atom. The molecule has 5 heteroatoms. The van der Waals surface area contributed by atoms with E-state index in [2.05, 4.69) is 35.7 Å². The molecule has 0 aromatic carbocycles. The van der Waals surface area contributed by atoms with E-state index in [1.54, 1.807) is 12.4 Å². The van der Waals surface area contributed by atoms with E-state index in [1.165, 1.54) is 0 Å². The Morgan fingerprint density at radius 3 is 2.64 bits per heavy atom. The number of pyridine rings is 1. The lowest BCUT2D eigenvalue weighted by Gasteiger charge is -2.15. The maximum absolute atomic E-state index is 6.28. The van der Waals surface area contributed by atoms with Gasteiger partial charge in [0.25, 0.3) is 0 Å². The zero-order valence-electron chi connectivity index (χ0n) is 13.5. The Hall–Kier alpha value is -1.68. The van der Waals surface area contributed by atoms with Gasteiger partial charge in [-0.3, -0.25) is 0 Å². The molecule has 0 radical (unpaired) electrons. The van der Waals surface area contributed by atoms with Crippen LogP contribution in [0.15, 0.2) is 24.5 Å². The molecular formula is C17H22ClN3O. The van der Waals surface area contributed by atoms with Crippen molar-refractivity contribution in [1.29, 1.82) is 0 Å². The van der Waals surface area contributed by atoms with E-state index >= 15 is 0 Å². The van der Waals surface area contributed by atoms with Crippen LogP contribution in [0.5, 0.6) is 5.88 Å². The summed E-state index contributed by atoms with van der Waals surface area (Å²) in [5, 5.41) is 0.505. The first kappa shape index (κ1) is 16.7. The Bertz CT molecular complexity index is 631. The number of rotatable bonds is 6. The Morgan fingerprint density at radius 2 is 2.00 bits per heavy atom. The fraction of sp³-hybridized carbons (Fsp3) is 0.471. The molecule has 22 heavy (non-hydrogen) atoms. The molecule has 2 heterocycles. The number of hydrogen-bond acceptors (Lipinski definition) is 4. The fourth-order valence-corrected chi connectivity index (χ4v) is 2.60. The predicted octanol–water partition coefficient (Wildman–Crippen LogP) is 4.56. The van der Waals surface area contributed by atoms with Crippen molar-refractivity contribution in [2.75, 3.05) is 6.61 Å². The fourth-order valence-electron chi connectivity index (χ4n) is 2.38. The van der Waals surface area contributed by atoms with Gasteiger partial charge in [-0.25, -0.2) is 15.0 Å². The molecule has 4 nitrogen and oxygen atoms in total. The topological polar surface area (TPSA) is 47.9 Å². The summed E-state index contributed by atoms with van der Waals surface area (Å²) in [5.41, 5.74) is 1.67. The van der Waals surface area contributed by atoms with Crippen molar-refractivity contribution in [3.8, 4) is 17.1 Å². The summed E-state index contributed by atoms with van der Waals surface area (Å²) < 4.78 is 5.74. The number of aryl methyl sites for hydroxylation is 1. The summed E-state index contributed by atoms with van der Waals surface area (Å²) in [4.78, 5) is 12.8. The molecule has 2 aromatic rings. The standard InChI is InChI=1S/C17H22ClN3O/c1-11(2)7-12(3)10-22-17-15(18)8-14(9-20-17)16-5-6-19-13(4)21-16/h5-6,8-9,11-12H,7,10H2,1-4H3. The third-order valence-electron chi connectivity index (χ3n) is 3.26. The lowest BCUT2D eigenvalue weighted by Crippen LogP contribution is -2.11. The van der Waals surface area contributed by atoms with Crippen molar-refractivity contribution < 1.29 is 4.74 Å². The first-order chi connectivity index (χ1) is 10.5. The van der Waals surface area contributed by atoms with Crippen LogP contribution in [-0.4, -0.2) is 21.6 Å². The number of halogens is 1. The molecule has 0 aliphatic carbocycles. The van der Waals surface area contributed by atoms with Gasteiger partial charge in [0.15, 0.2) is 0 Å². The van der Waals surface area contributed by atoms with Crippen molar-refractivity contribution in [3.05, 3.63) is 35.4 Å². The molecule has 2 rings (SSSR count). The highest BCUT2D eigenvalue weighted by molar-refractivity contribution is 6.32. The van der Waals surface area contributed by atoms with Gasteiger partial charge in [-0.15, -0.1) is 0 Å². The summed E-state index contributed by atoms with van der Waals surface area (Å²) in [6.45, 7) is 9.06. The molecule has 0 N–H and O–H groups in total. The maximum Gasteiger partial charge on any atom is 0.232 e. The lowest BCUT2D eigenvalue weighted by atomic mass is 10.00. The monoisotopic (exact) mass is 319 g/mol. The van der Waals surface area contributed by atoms with Gasteiger partial charge in [0.1, 0.15) is 10.8 Å².